The highest BCUT2D eigenvalue weighted by Crippen LogP contribution is 2.36. The highest BCUT2D eigenvalue weighted by Gasteiger charge is 2.16. The van der Waals surface area contributed by atoms with Gasteiger partial charge in [-0.15, -0.1) is 0 Å². The van der Waals surface area contributed by atoms with Gasteiger partial charge in [-0.1, -0.05) is 0 Å². The van der Waals surface area contributed by atoms with E-state index in [4.69, 9.17) is 20.6 Å². The maximum atomic E-state index is 7.29. The summed E-state index contributed by atoms with van der Waals surface area (Å²) < 4.78 is 11.0. The number of nitrogen functional groups attached to an aromatic ring is 1. The summed E-state index contributed by atoms with van der Waals surface area (Å²) in [5.74, 6) is 1.32. The molecule has 0 spiro atoms. The number of nitrogens with two attached hydrogens (primary N) is 1. The fraction of sp³-hybridized carbons (Fsp3) is 0.125. The molecule has 0 radical (unpaired) electrons. The molecule has 1 aliphatic heterocycles. The van der Waals surface area contributed by atoms with Gasteiger partial charge in [0.1, 0.15) is 5.84 Å². The smallest absolute Gasteiger partial charge is 0.231 e. The van der Waals surface area contributed by atoms with Crippen LogP contribution in [0.5, 0.6) is 11.5 Å². The van der Waals surface area contributed by atoms with E-state index in [0.29, 0.717) is 17.1 Å². The predicted molar refractivity (Wildman–Crippen MR) is 51.3 cm³/mol. The van der Waals surface area contributed by atoms with E-state index >= 15 is 0 Å². The van der Waals surface area contributed by atoms with Crippen molar-refractivity contribution in [1.29, 1.82) is 5.41 Å². The number of nitrogens with one attached hydrogen (secondary N) is 1. The monoisotopic (exact) mass is 242 g/mol. The van der Waals surface area contributed by atoms with Gasteiger partial charge < -0.3 is 15.2 Å². The molecule has 1 aromatic rings. The molecule has 13 heavy (non-hydrogen) atoms. The van der Waals surface area contributed by atoms with Crippen LogP contribution in [-0.4, -0.2) is 12.6 Å². The van der Waals surface area contributed by atoms with Crippen molar-refractivity contribution in [2.24, 2.45) is 5.73 Å². The summed E-state index contributed by atoms with van der Waals surface area (Å²) in [7, 11) is 0. The van der Waals surface area contributed by atoms with Crippen molar-refractivity contribution in [3.63, 3.8) is 0 Å². The van der Waals surface area contributed by atoms with Gasteiger partial charge in [-0.3, -0.25) is 5.41 Å². The van der Waals surface area contributed by atoms with Gasteiger partial charge in [-0.2, -0.15) is 0 Å². The number of hydrogen-bond acceptors (Lipinski definition) is 3. The zero-order valence-electron chi connectivity index (χ0n) is 6.63. The molecule has 0 aromatic heterocycles. The second-order valence-corrected chi connectivity index (χ2v) is 3.45. The minimum atomic E-state index is 0.00479. The maximum absolute atomic E-state index is 7.29. The van der Waals surface area contributed by atoms with Crippen LogP contribution in [0.4, 0.5) is 0 Å². The molecule has 0 unspecified atom stereocenters. The molecule has 1 aromatic carbocycles. The average molecular weight is 243 g/mol. The zero-order valence-corrected chi connectivity index (χ0v) is 8.22. The quantitative estimate of drug-likeness (QED) is 0.579. The molecular formula is C8H7BrN2O2. The van der Waals surface area contributed by atoms with Crippen molar-refractivity contribution in [3.8, 4) is 11.5 Å². The Kier molecular flexibility index (Phi) is 1.88. The summed E-state index contributed by atoms with van der Waals surface area (Å²) in [6.45, 7) is 0.225. The largest absolute Gasteiger partial charge is 0.454 e. The van der Waals surface area contributed by atoms with Crippen LogP contribution in [0.1, 0.15) is 5.56 Å². The Labute approximate surface area is 83.3 Å². The standard InChI is InChI=1S/C8H7BrN2O2/c9-5-2-7-6(12-3-13-7)1-4(5)8(10)11/h1-2H,3H2,(H3,10,11). The van der Waals surface area contributed by atoms with Crippen LogP contribution in [0, 0.1) is 5.41 Å². The van der Waals surface area contributed by atoms with Crippen molar-refractivity contribution in [1.82, 2.24) is 0 Å². The maximum Gasteiger partial charge on any atom is 0.231 e. The number of fused-ring (bicyclic) bond motifs is 1. The molecule has 68 valence electrons. The van der Waals surface area contributed by atoms with Crippen LogP contribution >= 0.6 is 15.9 Å². The molecule has 0 saturated carbocycles. The molecule has 2 rings (SSSR count). The first-order valence-electron chi connectivity index (χ1n) is 3.62. The van der Waals surface area contributed by atoms with Crippen LogP contribution in [-0.2, 0) is 0 Å². The van der Waals surface area contributed by atoms with Crippen LogP contribution in [0.15, 0.2) is 16.6 Å². The highest BCUT2D eigenvalue weighted by atomic mass is 79.9. The molecule has 0 fully saturated rings. The lowest BCUT2D eigenvalue weighted by molar-refractivity contribution is 0.174. The molecule has 1 aliphatic rings. The minimum absolute atomic E-state index is 0.00479. The van der Waals surface area contributed by atoms with Crippen LogP contribution in [0.2, 0.25) is 0 Å². The lowest BCUT2D eigenvalue weighted by Gasteiger charge is -2.03. The van der Waals surface area contributed by atoms with Crippen molar-refractivity contribution < 1.29 is 9.47 Å². The third-order valence-electron chi connectivity index (χ3n) is 1.75. The topological polar surface area (TPSA) is 68.3 Å². The number of halogens is 1. The van der Waals surface area contributed by atoms with Crippen molar-refractivity contribution in [3.05, 3.63) is 22.2 Å². The van der Waals surface area contributed by atoms with Crippen LogP contribution in [0.3, 0.4) is 0 Å². The molecule has 4 nitrogen and oxygen atoms in total. The van der Waals surface area contributed by atoms with E-state index in [1.165, 1.54) is 0 Å². The molecule has 0 aliphatic carbocycles. The van der Waals surface area contributed by atoms with Gasteiger partial charge in [0.15, 0.2) is 11.5 Å². The second kappa shape index (κ2) is 2.92. The lowest BCUT2D eigenvalue weighted by atomic mass is 10.2. The number of amidine groups is 1. The summed E-state index contributed by atoms with van der Waals surface area (Å²) >= 11 is 3.29. The Morgan fingerprint density at radius 2 is 2.00 bits per heavy atom. The Morgan fingerprint density at radius 3 is 2.62 bits per heavy atom. The summed E-state index contributed by atoms with van der Waals surface area (Å²) in [5.41, 5.74) is 5.98. The van der Waals surface area contributed by atoms with Crippen LogP contribution < -0.4 is 15.2 Å². The highest BCUT2D eigenvalue weighted by molar-refractivity contribution is 9.10. The van der Waals surface area contributed by atoms with E-state index in [-0.39, 0.29) is 12.6 Å². The van der Waals surface area contributed by atoms with Crippen molar-refractivity contribution in [2.75, 3.05) is 6.79 Å². The predicted octanol–water partition coefficient (Wildman–Crippen LogP) is 1.46. The van der Waals surface area contributed by atoms with E-state index in [0.717, 1.165) is 4.47 Å². The fourth-order valence-electron chi connectivity index (χ4n) is 1.12. The van der Waals surface area contributed by atoms with Gasteiger partial charge in [0.05, 0.1) is 0 Å². The van der Waals surface area contributed by atoms with E-state index in [1.807, 2.05) is 0 Å². The van der Waals surface area contributed by atoms with Crippen LogP contribution in [0.25, 0.3) is 0 Å². The number of ether oxygens (including phenoxy) is 2. The molecule has 1 heterocycles. The first-order valence-corrected chi connectivity index (χ1v) is 4.41. The summed E-state index contributed by atoms with van der Waals surface area (Å²) in [6, 6.07) is 3.44. The van der Waals surface area contributed by atoms with Crippen molar-refractivity contribution in [2.45, 2.75) is 0 Å². The Hall–Kier alpha value is -1.23. The van der Waals surface area contributed by atoms with Gasteiger partial charge in [0.25, 0.3) is 0 Å². The van der Waals surface area contributed by atoms with E-state index in [9.17, 15) is 0 Å². The van der Waals surface area contributed by atoms with Gasteiger partial charge in [-0.05, 0) is 28.1 Å². The van der Waals surface area contributed by atoms with E-state index in [1.54, 1.807) is 12.1 Å². The molecule has 3 N–H and O–H groups in total. The van der Waals surface area contributed by atoms with E-state index in [2.05, 4.69) is 15.9 Å². The summed E-state index contributed by atoms with van der Waals surface area (Å²) in [6.07, 6.45) is 0. The lowest BCUT2D eigenvalue weighted by Crippen LogP contribution is -2.11. The first kappa shape index (κ1) is 8.37. The normalized spacial score (nSPS) is 13.0. The molecule has 0 saturated heterocycles. The molecule has 0 amide bonds. The Bertz CT molecular complexity index is 379. The fourth-order valence-corrected chi connectivity index (χ4v) is 1.66. The van der Waals surface area contributed by atoms with Gasteiger partial charge in [-0.25, -0.2) is 0 Å². The first-order chi connectivity index (χ1) is 6.18. The SMILES string of the molecule is N=C(N)c1cc2c(cc1Br)OCO2. The van der Waals surface area contributed by atoms with Crippen molar-refractivity contribution >= 4 is 21.8 Å². The Morgan fingerprint density at radius 1 is 1.38 bits per heavy atom. The molecule has 0 atom stereocenters. The Balaban J connectivity index is 2.55. The minimum Gasteiger partial charge on any atom is -0.454 e. The van der Waals surface area contributed by atoms with Gasteiger partial charge in [0.2, 0.25) is 6.79 Å². The van der Waals surface area contributed by atoms with Gasteiger partial charge >= 0.3 is 0 Å². The number of rotatable bonds is 1. The molecular weight excluding hydrogens is 236 g/mol. The number of benzene rings is 1. The van der Waals surface area contributed by atoms with E-state index < -0.39 is 0 Å². The van der Waals surface area contributed by atoms with Gasteiger partial charge in [0, 0.05) is 10.0 Å². The number of hydrogen-bond donors (Lipinski definition) is 2. The average Bonchev–Trinajstić information content (AvgIpc) is 2.48. The molecule has 5 heteroatoms. The summed E-state index contributed by atoms with van der Waals surface area (Å²) in [4.78, 5) is 0. The zero-order chi connectivity index (χ0) is 9.42. The molecule has 0 bridgehead atoms. The summed E-state index contributed by atoms with van der Waals surface area (Å²) in [5, 5.41) is 7.29. The third-order valence-corrected chi connectivity index (χ3v) is 2.41. The third kappa shape index (κ3) is 1.35. The second-order valence-electron chi connectivity index (χ2n) is 2.60.